The molecule has 0 radical (unpaired) electrons. The smallest absolute Gasteiger partial charge is 0.408 e. The molecule has 1 aliphatic heterocycles. The van der Waals surface area contributed by atoms with Gasteiger partial charge in [-0.1, -0.05) is 0 Å². The maximum absolute atomic E-state index is 13.7. The van der Waals surface area contributed by atoms with Gasteiger partial charge in [0.15, 0.2) is 0 Å². The van der Waals surface area contributed by atoms with Crippen molar-refractivity contribution in [1.82, 2.24) is 10.6 Å². The van der Waals surface area contributed by atoms with Crippen molar-refractivity contribution in [2.24, 2.45) is 0 Å². The van der Waals surface area contributed by atoms with E-state index in [0.29, 0.717) is 30.8 Å². The third kappa shape index (κ3) is 6.89. The molecule has 0 spiro atoms. The van der Waals surface area contributed by atoms with Crippen LogP contribution in [0.25, 0.3) is 0 Å². The van der Waals surface area contributed by atoms with Gasteiger partial charge in [-0.3, -0.25) is 4.79 Å². The number of benzene rings is 1. The molecule has 0 bridgehead atoms. The predicted octanol–water partition coefficient (Wildman–Crippen LogP) is 2.93. The van der Waals surface area contributed by atoms with Gasteiger partial charge >= 0.3 is 6.09 Å². The van der Waals surface area contributed by atoms with Crippen molar-refractivity contribution in [2.45, 2.75) is 51.3 Å². The Kier molecular flexibility index (Phi) is 7.57. The maximum atomic E-state index is 13.7. The number of nitrogens with one attached hydrogen (secondary N) is 2. The number of amides is 2. The molecule has 0 aliphatic carbocycles. The van der Waals surface area contributed by atoms with Crippen molar-refractivity contribution < 1.29 is 23.5 Å². The highest BCUT2D eigenvalue weighted by Gasteiger charge is 2.30. The van der Waals surface area contributed by atoms with E-state index in [4.69, 9.17) is 9.47 Å². The molecule has 0 saturated carbocycles. The standard InChI is InChI=1S/C20H29FN2O4S/c1-20(2,3)27-19(25)23-16(9-11-28(4)5)18(24)22-15-8-10-26-17-7-6-13(21)12-14(15)17/h6-7,12,15-16H,8-11H2,1-5H3,(H-,22,23,24,25)/p+1/t15-,16+/m1/s1. The average Bonchev–Trinajstić information content (AvgIpc) is 2.57. The number of fused-ring (bicyclic) bond motifs is 1. The quantitative estimate of drug-likeness (QED) is 0.703. The molecule has 2 atom stereocenters. The largest absolute Gasteiger partial charge is 0.493 e. The van der Waals surface area contributed by atoms with Gasteiger partial charge in [0, 0.05) is 18.4 Å². The highest BCUT2D eigenvalue weighted by molar-refractivity contribution is 7.95. The molecule has 1 aliphatic rings. The minimum atomic E-state index is -0.718. The van der Waals surface area contributed by atoms with Gasteiger partial charge < -0.3 is 20.1 Å². The maximum Gasteiger partial charge on any atom is 0.408 e. The molecule has 0 aromatic heterocycles. The molecular formula is C20H30FN2O4S+. The highest BCUT2D eigenvalue weighted by Crippen LogP contribution is 2.32. The van der Waals surface area contributed by atoms with Gasteiger partial charge in [-0.2, -0.15) is 0 Å². The Balaban J connectivity index is 2.10. The summed E-state index contributed by atoms with van der Waals surface area (Å²) in [4.78, 5) is 25.1. The fraction of sp³-hybridized carbons (Fsp3) is 0.600. The molecule has 0 unspecified atom stereocenters. The number of alkyl carbamates (subject to hydrolysis) is 1. The molecule has 1 heterocycles. The van der Waals surface area contributed by atoms with Gasteiger partial charge in [-0.25, -0.2) is 9.18 Å². The van der Waals surface area contributed by atoms with Crippen LogP contribution in [0.4, 0.5) is 9.18 Å². The van der Waals surface area contributed by atoms with Crippen LogP contribution >= 0.6 is 0 Å². The summed E-state index contributed by atoms with van der Waals surface area (Å²) in [7, 11) is 0.126. The molecular weight excluding hydrogens is 383 g/mol. The van der Waals surface area contributed by atoms with Crippen molar-refractivity contribution in [1.29, 1.82) is 0 Å². The summed E-state index contributed by atoms with van der Waals surface area (Å²) >= 11 is 0. The number of hydrogen-bond donors (Lipinski definition) is 2. The van der Waals surface area contributed by atoms with Crippen LogP contribution < -0.4 is 15.4 Å². The van der Waals surface area contributed by atoms with Gasteiger partial charge in [0.1, 0.15) is 29.0 Å². The lowest BCUT2D eigenvalue weighted by Gasteiger charge is -2.29. The molecule has 2 rings (SSSR count). The van der Waals surface area contributed by atoms with Gasteiger partial charge in [0.2, 0.25) is 5.91 Å². The first-order chi connectivity index (χ1) is 13.0. The van der Waals surface area contributed by atoms with Gasteiger partial charge in [0.05, 0.1) is 25.2 Å². The van der Waals surface area contributed by atoms with Crippen LogP contribution in [-0.2, 0) is 20.4 Å². The summed E-state index contributed by atoms with van der Waals surface area (Å²) < 4.78 is 24.5. The Bertz CT molecular complexity index is 706. The number of ether oxygens (including phenoxy) is 2. The third-order valence-corrected chi connectivity index (χ3v) is 5.20. The Morgan fingerprint density at radius 3 is 2.71 bits per heavy atom. The second-order valence-corrected chi connectivity index (χ2v) is 10.4. The van der Waals surface area contributed by atoms with Crippen molar-refractivity contribution in [3.05, 3.63) is 29.6 Å². The van der Waals surface area contributed by atoms with Crippen LogP contribution in [0.1, 0.15) is 45.2 Å². The van der Waals surface area contributed by atoms with Crippen molar-refractivity contribution >= 4 is 22.9 Å². The normalized spacial score (nSPS) is 17.3. The minimum absolute atomic E-state index is 0.126. The Morgan fingerprint density at radius 1 is 1.36 bits per heavy atom. The first-order valence-electron chi connectivity index (χ1n) is 9.31. The fourth-order valence-corrected chi connectivity index (χ4v) is 3.57. The van der Waals surface area contributed by atoms with Crippen LogP contribution in [-0.4, -0.2) is 48.5 Å². The molecule has 2 N–H and O–H groups in total. The van der Waals surface area contributed by atoms with Crippen LogP contribution in [0, 0.1) is 5.82 Å². The Hall–Kier alpha value is -1.96. The zero-order valence-corrected chi connectivity index (χ0v) is 18.0. The van der Waals surface area contributed by atoms with E-state index in [0.717, 1.165) is 5.75 Å². The number of carbonyl (C=O) groups excluding carboxylic acids is 2. The van der Waals surface area contributed by atoms with Gasteiger partial charge in [0.25, 0.3) is 0 Å². The molecule has 6 nitrogen and oxygen atoms in total. The van der Waals surface area contributed by atoms with Crippen LogP contribution in [0.5, 0.6) is 5.75 Å². The molecule has 0 saturated heterocycles. The first kappa shape index (κ1) is 22.3. The summed E-state index contributed by atoms with van der Waals surface area (Å²) in [6.45, 7) is 5.74. The third-order valence-electron chi connectivity index (χ3n) is 4.15. The van der Waals surface area contributed by atoms with Crippen molar-refractivity contribution in [3.63, 3.8) is 0 Å². The van der Waals surface area contributed by atoms with Gasteiger partial charge in [-0.05, 0) is 49.9 Å². The van der Waals surface area contributed by atoms with E-state index in [2.05, 4.69) is 23.1 Å². The monoisotopic (exact) mass is 413 g/mol. The molecule has 1 aromatic carbocycles. The van der Waals surface area contributed by atoms with Crippen molar-refractivity contribution in [2.75, 3.05) is 24.9 Å². The van der Waals surface area contributed by atoms with Crippen LogP contribution in [0.2, 0.25) is 0 Å². The first-order valence-corrected chi connectivity index (χ1v) is 11.5. The lowest BCUT2D eigenvalue weighted by Crippen LogP contribution is -2.50. The van der Waals surface area contributed by atoms with E-state index in [1.54, 1.807) is 26.8 Å². The van der Waals surface area contributed by atoms with Gasteiger partial charge in [-0.15, -0.1) is 0 Å². The molecule has 156 valence electrons. The lowest BCUT2D eigenvalue weighted by molar-refractivity contribution is -0.124. The molecule has 1 aromatic rings. The Labute approximate surface area is 168 Å². The average molecular weight is 414 g/mol. The molecule has 2 amide bonds. The minimum Gasteiger partial charge on any atom is -0.493 e. The second kappa shape index (κ2) is 9.49. The van der Waals surface area contributed by atoms with E-state index in [1.807, 2.05) is 0 Å². The molecule has 28 heavy (non-hydrogen) atoms. The number of hydrogen-bond acceptors (Lipinski definition) is 4. The predicted molar refractivity (Wildman–Crippen MR) is 109 cm³/mol. The van der Waals surface area contributed by atoms with Crippen LogP contribution in [0.15, 0.2) is 18.2 Å². The molecule has 8 heteroatoms. The summed E-state index contributed by atoms with van der Waals surface area (Å²) in [6.07, 6.45) is 4.58. The van der Waals surface area contributed by atoms with E-state index in [-0.39, 0.29) is 28.7 Å². The number of halogens is 1. The topological polar surface area (TPSA) is 76.7 Å². The zero-order chi connectivity index (χ0) is 20.9. The summed E-state index contributed by atoms with van der Waals surface area (Å²) in [6, 6.07) is 3.20. The Morgan fingerprint density at radius 2 is 2.07 bits per heavy atom. The van der Waals surface area contributed by atoms with E-state index < -0.39 is 17.7 Å². The summed E-state index contributed by atoms with van der Waals surface area (Å²) in [5.41, 5.74) is -0.0383. The second-order valence-electron chi connectivity index (χ2n) is 8.06. The zero-order valence-electron chi connectivity index (χ0n) is 17.1. The number of carbonyl (C=O) groups is 2. The summed E-state index contributed by atoms with van der Waals surface area (Å²) in [5.74, 6) is 0.678. The van der Waals surface area contributed by atoms with Crippen LogP contribution in [0.3, 0.4) is 0 Å². The van der Waals surface area contributed by atoms with Crippen molar-refractivity contribution in [3.8, 4) is 5.75 Å². The van der Waals surface area contributed by atoms with E-state index in [9.17, 15) is 14.0 Å². The molecule has 0 fully saturated rings. The van der Waals surface area contributed by atoms with E-state index >= 15 is 0 Å². The highest BCUT2D eigenvalue weighted by atomic mass is 32.2. The lowest BCUT2D eigenvalue weighted by atomic mass is 9.99. The number of rotatable bonds is 6. The van der Waals surface area contributed by atoms with E-state index in [1.165, 1.54) is 12.1 Å². The fourth-order valence-electron chi connectivity index (χ4n) is 2.86. The summed E-state index contributed by atoms with van der Waals surface area (Å²) in [5, 5.41) is 5.62. The SMILES string of the molecule is C[S+](C)CC[C@H](NC(=O)OC(C)(C)C)C(=O)N[C@@H]1CCOc2ccc(F)cc21.